The lowest BCUT2D eigenvalue weighted by Crippen LogP contribution is -2.38. The molecule has 0 bridgehead atoms. The summed E-state index contributed by atoms with van der Waals surface area (Å²) in [5.41, 5.74) is 0.447. The van der Waals surface area contributed by atoms with E-state index in [1.54, 1.807) is 0 Å². The van der Waals surface area contributed by atoms with Crippen molar-refractivity contribution in [2.75, 3.05) is 11.9 Å². The number of hydrogen-bond donors (Lipinski definition) is 0. The van der Waals surface area contributed by atoms with Crippen LogP contribution in [-0.4, -0.2) is 28.3 Å². The Morgan fingerprint density at radius 2 is 1.78 bits per heavy atom. The number of anilines is 1. The van der Waals surface area contributed by atoms with Crippen LogP contribution in [0.1, 0.15) is 39.5 Å². The van der Waals surface area contributed by atoms with Gasteiger partial charge in [0.15, 0.2) is 11.0 Å². The van der Waals surface area contributed by atoms with Crippen molar-refractivity contribution in [2.45, 2.75) is 45.6 Å². The van der Waals surface area contributed by atoms with Crippen LogP contribution < -0.4 is 4.90 Å². The normalized spacial score (nSPS) is 19.8. The number of rotatable bonds is 2. The summed E-state index contributed by atoms with van der Waals surface area (Å²) in [5, 5.41) is 7.89. The minimum atomic E-state index is 0.136. The summed E-state index contributed by atoms with van der Waals surface area (Å²) in [6, 6.07) is 0.447. The van der Waals surface area contributed by atoms with Gasteiger partial charge in [-0.1, -0.05) is 25.4 Å². The Hall–Kier alpha value is -0.610. The predicted molar refractivity (Wildman–Crippen MR) is 74.3 cm³/mol. The number of halogens is 2. The third-order valence-electron chi connectivity index (χ3n) is 3.79. The van der Waals surface area contributed by atoms with Gasteiger partial charge in [-0.2, -0.15) is 4.98 Å². The van der Waals surface area contributed by atoms with Crippen LogP contribution in [0.4, 0.5) is 5.82 Å². The molecule has 0 unspecified atom stereocenters. The third kappa shape index (κ3) is 3.04. The summed E-state index contributed by atoms with van der Waals surface area (Å²) >= 11 is 11.8. The van der Waals surface area contributed by atoms with Crippen molar-refractivity contribution in [2.24, 2.45) is 5.41 Å². The van der Waals surface area contributed by atoms with Gasteiger partial charge in [0.2, 0.25) is 5.28 Å². The molecule has 2 rings (SSSR count). The molecule has 1 aliphatic rings. The summed E-state index contributed by atoms with van der Waals surface area (Å²) in [6.07, 6.45) is 4.71. The van der Waals surface area contributed by atoms with E-state index in [0.717, 1.165) is 12.8 Å². The zero-order valence-electron chi connectivity index (χ0n) is 11.0. The first-order valence-electron chi connectivity index (χ1n) is 6.18. The van der Waals surface area contributed by atoms with Crippen LogP contribution in [0.5, 0.6) is 0 Å². The van der Waals surface area contributed by atoms with Crippen molar-refractivity contribution in [3.63, 3.8) is 0 Å². The van der Waals surface area contributed by atoms with E-state index in [2.05, 4.69) is 33.9 Å². The molecule has 0 saturated heterocycles. The van der Waals surface area contributed by atoms with Gasteiger partial charge in [-0.3, -0.25) is 0 Å². The Bertz CT molecular complexity index is 426. The standard InChI is InChI=1S/C12H18Cl2N4/c1-12(2)6-4-8(5-7-12)18(3)10-9(13)16-17-11(14)15-10/h8H,4-7H2,1-3H3. The Morgan fingerprint density at radius 3 is 2.39 bits per heavy atom. The molecule has 0 amide bonds. The molecule has 0 aliphatic heterocycles. The first-order valence-corrected chi connectivity index (χ1v) is 6.93. The minimum Gasteiger partial charge on any atom is -0.354 e. The molecule has 0 atom stereocenters. The smallest absolute Gasteiger partial charge is 0.245 e. The fourth-order valence-electron chi connectivity index (χ4n) is 2.45. The van der Waals surface area contributed by atoms with E-state index in [4.69, 9.17) is 23.2 Å². The van der Waals surface area contributed by atoms with E-state index >= 15 is 0 Å². The van der Waals surface area contributed by atoms with Gasteiger partial charge >= 0.3 is 0 Å². The molecule has 1 fully saturated rings. The summed E-state index contributed by atoms with van der Waals surface area (Å²) in [6.45, 7) is 4.64. The Morgan fingerprint density at radius 1 is 1.17 bits per heavy atom. The second kappa shape index (κ2) is 5.17. The Balaban J connectivity index is 2.12. The zero-order chi connectivity index (χ0) is 13.3. The number of hydrogen-bond acceptors (Lipinski definition) is 4. The molecule has 0 N–H and O–H groups in total. The van der Waals surface area contributed by atoms with E-state index in [9.17, 15) is 0 Å². The van der Waals surface area contributed by atoms with Crippen LogP contribution in [-0.2, 0) is 0 Å². The van der Waals surface area contributed by atoms with Crippen LogP contribution in [0.3, 0.4) is 0 Å². The lowest BCUT2D eigenvalue weighted by molar-refractivity contribution is 0.222. The van der Waals surface area contributed by atoms with Gasteiger partial charge in [-0.15, -0.1) is 10.2 Å². The molecule has 0 aromatic carbocycles. The molecule has 1 aromatic heterocycles. The molecule has 1 aromatic rings. The largest absolute Gasteiger partial charge is 0.354 e. The van der Waals surface area contributed by atoms with Gasteiger partial charge in [0, 0.05) is 13.1 Å². The van der Waals surface area contributed by atoms with Gasteiger partial charge in [0.05, 0.1) is 0 Å². The first kappa shape index (κ1) is 13.8. The average Bonchev–Trinajstić information content (AvgIpc) is 2.31. The second-order valence-corrected chi connectivity index (χ2v) is 6.40. The molecule has 1 saturated carbocycles. The Labute approximate surface area is 118 Å². The van der Waals surface area contributed by atoms with Gasteiger partial charge in [-0.25, -0.2) is 0 Å². The van der Waals surface area contributed by atoms with Crippen LogP contribution in [0.2, 0.25) is 10.4 Å². The van der Waals surface area contributed by atoms with Gasteiger partial charge in [-0.05, 0) is 42.7 Å². The predicted octanol–water partition coefficient (Wildman–Crippen LogP) is 3.58. The van der Waals surface area contributed by atoms with Crippen molar-refractivity contribution < 1.29 is 0 Å². The van der Waals surface area contributed by atoms with Crippen molar-refractivity contribution in [1.29, 1.82) is 0 Å². The monoisotopic (exact) mass is 288 g/mol. The molecular weight excluding hydrogens is 271 g/mol. The SMILES string of the molecule is CN(c1nc(Cl)nnc1Cl)C1CCC(C)(C)CC1. The lowest BCUT2D eigenvalue weighted by atomic mass is 9.75. The van der Waals surface area contributed by atoms with E-state index in [1.165, 1.54) is 12.8 Å². The zero-order valence-corrected chi connectivity index (χ0v) is 12.5. The number of aromatic nitrogens is 3. The maximum Gasteiger partial charge on any atom is 0.245 e. The molecule has 1 aliphatic carbocycles. The van der Waals surface area contributed by atoms with E-state index in [0.29, 0.717) is 22.4 Å². The maximum atomic E-state index is 6.03. The highest BCUT2D eigenvalue weighted by molar-refractivity contribution is 6.32. The van der Waals surface area contributed by atoms with E-state index in [1.807, 2.05) is 7.05 Å². The molecular formula is C12H18Cl2N4. The van der Waals surface area contributed by atoms with E-state index in [-0.39, 0.29) is 5.28 Å². The van der Waals surface area contributed by atoms with Gasteiger partial charge < -0.3 is 4.90 Å². The van der Waals surface area contributed by atoms with E-state index < -0.39 is 0 Å². The van der Waals surface area contributed by atoms with Crippen molar-refractivity contribution in [3.8, 4) is 0 Å². The highest BCUT2D eigenvalue weighted by Crippen LogP contribution is 2.38. The molecule has 0 radical (unpaired) electrons. The molecule has 100 valence electrons. The first-order chi connectivity index (χ1) is 8.39. The second-order valence-electron chi connectivity index (χ2n) is 5.70. The lowest BCUT2D eigenvalue weighted by Gasteiger charge is -2.39. The van der Waals surface area contributed by atoms with Crippen LogP contribution in [0.15, 0.2) is 0 Å². The summed E-state index contributed by atoms with van der Waals surface area (Å²) in [7, 11) is 2.00. The molecule has 4 nitrogen and oxygen atoms in total. The molecule has 18 heavy (non-hydrogen) atoms. The fourth-order valence-corrected chi connectivity index (χ4v) is 2.79. The Kier molecular flexibility index (Phi) is 3.97. The van der Waals surface area contributed by atoms with Gasteiger partial charge in [0.25, 0.3) is 0 Å². The summed E-state index contributed by atoms with van der Waals surface area (Å²) in [5.74, 6) is 0.626. The molecule has 6 heteroatoms. The molecule has 0 spiro atoms. The van der Waals surface area contributed by atoms with Crippen LogP contribution in [0.25, 0.3) is 0 Å². The number of nitrogens with zero attached hydrogens (tertiary/aromatic N) is 4. The minimum absolute atomic E-state index is 0.136. The quantitative estimate of drug-likeness (QED) is 0.834. The van der Waals surface area contributed by atoms with Crippen LogP contribution >= 0.6 is 23.2 Å². The fraction of sp³-hybridized carbons (Fsp3) is 0.750. The molecule has 1 heterocycles. The average molecular weight is 289 g/mol. The van der Waals surface area contributed by atoms with Crippen molar-refractivity contribution in [3.05, 3.63) is 10.4 Å². The highest BCUT2D eigenvalue weighted by atomic mass is 35.5. The summed E-state index contributed by atoms with van der Waals surface area (Å²) in [4.78, 5) is 6.25. The van der Waals surface area contributed by atoms with Crippen molar-refractivity contribution >= 4 is 29.0 Å². The maximum absolute atomic E-state index is 6.03. The third-order valence-corrected chi connectivity index (χ3v) is 4.20. The van der Waals surface area contributed by atoms with Crippen molar-refractivity contribution in [1.82, 2.24) is 15.2 Å². The topological polar surface area (TPSA) is 41.9 Å². The van der Waals surface area contributed by atoms with Gasteiger partial charge in [0.1, 0.15) is 0 Å². The highest BCUT2D eigenvalue weighted by Gasteiger charge is 2.30. The van der Waals surface area contributed by atoms with Crippen LogP contribution in [0, 0.1) is 5.41 Å². The summed E-state index contributed by atoms with van der Waals surface area (Å²) < 4.78 is 0.